The van der Waals surface area contributed by atoms with Crippen molar-refractivity contribution in [2.45, 2.75) is 6.42 Å². The molecule has 0 bridgehead atoms. The molecule has 2 heteroatoms. The van der Waals surface area contributed by atoms with E-state index in [-0.39, 0.29) is 0 Å². The summed E-state index contributed by atoms with van der Waals surface area (Å²) in [6.07, 6.45) is 7.33. The van der Waals surface area contributed by atoms with Crippen molar-refractivity contribution in [3.8, 4) is 10.6 Å². The molecule has 2 aromatic rings. The Balaban J connectivity index is 2.24. The molecule has 1 nitrogen and oxygen atoms in total. The van der Waals surface area contributed by atoms with Crippen molar-refractivity contribution < 1.29 is 0 Å². The number of hydrogen-bond donors (Lipinski definition) is 0. The number of rotatable bonds is 1. The summed E-state index contributed by atoms with van der Waals surface area (Å²) >= 11 is 1.70. The Hall–Kier alpha value is -1.41. The van der Waals surface area contributed by atoms with Gasteiger partial charge in [-0.15, -0.1) is 11.3 Å². The van der Waals surface area contributed by atoms with Crippen LogP contribution < -0.4 is 0 Å². The number of aromatic nitrogens is 1. The first-order valence-electron chi connectivity index (χ1n) is 4.63. The van der Waals surface area contributed by atoms with Crippen molar-refractivity contribution in [3.63, 3.8) is 0 Å². The van der Waals surface area contributed by atoms with Gasteiger partial charge in [0.05, 0.1) is 0 Å². The summed E-state index contributed by atoms with van der Waals surface area (Å²) in [6.45, 7) is 0. The average molecular weight is 199 g/mol. The zero-order chi connectivity index (χ0) is 9.38. The van der Waals surface area contributed by atoms with Crippen LogP contribution in [0, 0.1) is 0 Å². The number of fused-ring (bicyclic) bond motifs is 1. The summed E-state index contributed by atoms with van der Waals surface area (Å²) < 4.78 is 0. The molecule has 1 aliphatic carbocycles. The predicted molar refractivity (Wildman–Crippen MR) is 60.3 cm³/mol. The van der Waals surface area contributed by atoms with Crippen molar-refractivity contribution in [1.82, 2.24) is 4.98 Å². The number of benzene rings is 1. The second-order valence-electron chi connectivity index (χ2n) is 3.32. The van der Waals surface area contributed by atoms with Gasteiger partial charge in [0.25, 0.3) is 0 Å². The second-order valence-corrected chi connectivity index (χ2v) is 4.22. The van der Waals surface area contributed by atoms with Gasteiger partial charge < -0.3 is 0 Å². The predicted octanol–water partition coefficient (Wildman–Crippen LogP) is 3.38. The molecule has 0 radical (unpaired) electrons. The molecule has 68 valence electrons. The van der Waals surface area contributed by atoms with Crippen LogP contribution in [0.2, 0.25) is 0 Å². The van der Waals surface area contributed by atoms with Crippen LogP contribution >= 0.6 is 11.3 Å². The standard InChI is InChI=1S/C12H9NS/c1-3-9-4-2-6-11(10(9)5-1)12-13-7-8-14-12/h1-2,4-8H,3H2. The van der Waals surface area contributed by atoms with E-state index < -0.39 is 0 Å². The Labute approximate surface area is 86.7 Å². The molecule has 0 amide bonds. The first kappa shape index (κ1) is 7.94. The highest BCUT2D eigenvalue weighted by Crippen LogP contribution is 2.31. The lowest BCUT2D eigenvalue weighted by atomic mass is 10.0. The minimum absolute atomic E-state index is 1.06. The Morgan fingerprint density at radius 1 is 1.29 bits per heavy atom. The lowest BCUT2D eigenvalue weighted by Crippen LogP contribution is -1.85. The molecule has 0 aliphatic heterocycles. The van der Waals surface area contributed by atoms with Gasteiger partial charge in [-0.3, -0.25) is 0 Å². The minimum atomic E-state index is 1.06. The lowest BCUT2D eigenvalue weighted by molar-refractivity contribution is 1.30. The summed E-state index contributed by atoms with van der Waals surface area (Å²) in [6, 6.07) is 6.45. The minimum Gasteiger partial charge on any atom is -0.245 e. The molecule has 3 rings (SSSR count). The molecule has 0 spiro atoms. The number of hydrogen-bond acceptors (Lipinski definition) is 2. The summed E-state index contributed by atoms with van der Waals surface area (Å²) in [7, 11) is 0. The number of thiazole rings is 1. The molecule has 0 atom stereocenters. The second kappa shape index (κ2) is 3.07. The van der Waals surface area contributed by atoms with E-state index in [1.54, 1.807) is 11.3 Å². The molecule has 1 heterocycles. The third kappa shape index (κ3) is 1.11. The fourth-order valence-corrected chi connectivity index (χ4v) is 2.51. The van der Waals surface area contributed by atoms with Crippen molar-refractivity contribution in [1.29, 1.82) is 0 Å². The van der Waals surface area contributed by atoms with E-state index in [1.165, 1.54) is 16.7 Å². The average Bonchev–Trinajstić information content (AvgIpc) is 2.88. The van der Waals surface area contributed by atoms with E-state index in [2.05, 4.69) is 35.3 Å². The van der Waals surface area contributed by atoms with Gasteiger partial charge in [-0.25, -0.2) is 4.98 Å². The number of nitrogens with zero attached hydrogens (tertiary/aromatic N) is 1. The van der Waals surface area contributed by atoms with Gasteiger partial charge >= 0.3 is 0 Å². The molecule has 14 heavy (non-hydrogen) atoms. The SMILES string of the molecule is C1=Cc2c(cccc2-c2nccs2)C1. The van der Waals surface area contributed by atoms with E-state index in [0.29, 0.717) is 0 Å². The molecular weight excluding hydrogens is 190 g/mol. The highest BCUT2D eigenvalue weighted by molar-refractivity contribution is 7.13. The molecule has 0 unspecified atom stereocenters. The Morgan fingerprint density at radius 3 is 3.14 bits per heavy atom. The third-order valence-corrected chi connectivity index (χ3v) is 3.29. The van der Waals surface area contributed by atoms with Crippen molar-refractivity contribution in [2.24, 2.45) is 0 Å². The largest absolute Gasteiger partial charge is 0.245 e. The molecule has 0 N–H and O–H groups in total. The van der Waals surface area contributed by atoms with Crippen molar-refractivity contribution >= 4 is 17.4 Å². The van der Waals surface area contributed by atoms with Crippen LogP contribution in [0.5, 0.6) is 0 Å². The Kier molecular flexibility index (Phi) is 1.74. The molecule has 1 aromatic heterocycles. The van der Waals surface area contributed by atoms with E-state index in [1.807, 2.05) is 11.6 Å². The maximum Gasteiger partial charge on any atom is 0.123 e. The summed E-state index contributed by atoms with van der Waals surface area (Å²) in [5, 5.41) is 3.14. The van der Waals surface area contributed by atoms with Crippen LogP contribution in [0.25, 0.3) is 16.6 Å². The molecular formula is C12H9NS. The third-order valence-electron chi connectivity index (χ3n) is 2.48. The fraction of sp³-hybridized carbons (Fsp3) is 0.0833. The van der Waals surface area contributed by atoms with Gasteiger partial charge in [-0.1, -0.05) is 30.4 Å². The van der Waals surface area contributed by atoms with Crippen molar-refractivity contribution in [2.75, 3.05) is 0 Å². The summed E-state index contributed by atoms with van der Waals surface area (Å²) in [5.74, 6) is 0. The topological polar surface area (TPSA) is 12.9 Å². The Bertz CT molecular complexity index is 483. The molecule has 0 fully saturated rings. The van der Waals surface area contributed by atoms with Gasteiger partial charge in [-0.05, 0) is 17.5 Å². The van der Waals surface area contributed by atoms with Gasteiger partial charge in [-0.2, -0.15) is 0 Å². The summed E-state index contributed by atoms with van der Waals surface area (Å²) in [5.41, 5.74) is 4.03. The summed E-state index contributed by atoms with van der Waals surface area (Å²) in [4.78, 5) is 4.35. The molecule has 1 aromatic carbocycles. The van der Waals surface area contributed by atoms with Gasteiger partial charge in [0.1, 0.15) is 5.01 Å². The van der Waals surface area contributed by atoms with Gasteiger partial charge in [0.15, 0.2) is 0 Å². The maximum atomic E-state index is 4.35. The quantitative estimate of drug-likeness (QED) is 0.686. The van der Waals surface area contributed by atoms with E-state index in [4.69, 9.17) is 0 Å². The smallest absolute Gasteiger partial charge is 0.123 e. The number of allylic oxidation sites excluding steroid dienone is 1. The first-order valence-corrected chi connectivity index (χ1v) is 5.51. The van der Waals surface area contributed by atoms with Crippen LogP contribution in [0.1, 0.15) is 11.1 Å². The van der Waals surface area contributed by atoms with Gasteiger partial charge in [0, 0.05) is 17.1 Å². The van der Waals surface area contributed by atoms with Crippen LogP contribution in [-0.2, 0) is 6.42 Å². The normalized spacial score (nSPS) is 13.1. The zero-order valence-electron chi connectivity index (χ0n) is 7.60. The molecule has 0 saturated heterocycles. The lowest BCUT2D eigenvalue weighted by Gasteiger charge is -2.03. The van der Waals surface area contributed by atoms with E-state index >= 15 is 0 Å². The highest BCUT2D eigenvalue weighted by atomic mass is 32.1. The Morgan fingerprint density at radius 2 is 2.29 bits per heavy atom. The monoisotopic (exact) mass is 199 g/mol. The zero-order valence-corrected chi connectivity index (χ0v) is 8.42. The fourth-order valence-electron chi connectivity index (χ4n) is 1.83. The van der Waals surface area contributed by atoms with Crippen LogP contribution in [-0.4, -0.2) is 4.98 Å². The molecule has 0 saturated carbocycles. The maximum absolute atomic E-state index is 4.35. The highest BCUT2D eigenvalue weighted by Gasteiger charge is 2.11. The molecule has 1 aliphatic rings. The van der Waals surface area contributed by atoms with Gasteiger partial charge in [0.2, 0.25) is 0 Å². The first-order chi connectivity index (χ1) is 6.95. The van der Waals surface area contributed by atoms with E-state index in [9.17, 15) is 0 Å². The van der Waals surface area contributed by atoms with Crippen LogP contribution in [0.3, 0.4) is 0 Å². The van der Waals surface area contributed by atoms with Crippen molar-refractivity contribution in [3.05, 3.63) is 47.0 Å². The van der Waals surface area contributed by atoms with Crippen LogP contribution in [0.15, 0.2) is 35.9 Å². The van der Waals surface area contributed by atoms with E-state index in [0.717, 1.165) is 11.4 Å². The van der Waals surface area contributed by atoms with Crippen LogP contribution in [0.4, 0.5) is 0 Å².